The molecule has 0 amide bonds. The van der Waals surface area contributed by atoms with E-state index in [0.717, 1.165) is 37.1 Å². The third-order valence-electron chi connectivity index (χ3n) is 5.67. The number of rotatable bonds is 2. The zero-order valence-electron chi connectivity index (χ0n) is 13.4. The van der Waals surface area contributed by atoms with Gasteiger partial charge in [0.2, 0.25) is 0 Å². The van der Waals surface area contributed by atoms with Gasteiger partial charge in [0.15, 0.2) is 0 Å². The molecule has 5 rings (SSSR count). The third kappa shape index (κ3) is 1.78. The summed E-state index contributed by atoms with van der Waals surface area (Å²) in [7, 11) is 0. The second-order valence-corrected chi connectivity index (χ2v) is 6.97. The standard InChI is InChI=1S/C18H18N6/c19-10-13-3-6-20-14(9-13)24-11-18(4-1-5-18)15-16(23-7-2-8-23)21-12-22-17(15)24/h3,6,9,12H,1-2,4-5,7-8,11H2. The molecule has 6 heteroatoms. The normalized spacial score (nSPS) is 20.3. The first-order valence-corrected chi connectivity index (χ1v) is 8.55. The highest BCUT2D eigenvalue weighted by atomic mass is 15.3. The van der Waals surface area contributed by atoms with E-state index in [4.69, 9.17) is 0 Å². The number of pyridine rings is 1. The van der Waals surface area contributed by atoms with Gasteiger partial charge in [-0.2, -0.15) is 5.26 Å². The van der Waals surface area contributed by atoms with Crippen LogP contribution in [0.15, 0.2) is 24.7 Å². The minimum atomic E-state index is 0.159. The Morgan fingerprint density at radius 2 is 1.92 bits per heavy atom. The molecule has 2 fully saturated rings. The SMILES string of the molecule is N#Cc1ccnc(N2CC3(CCC3)c3c(N4CCC4)ncnc32)c1. The van der Waals surface area contributed by atoms with Crippen molar-refractivity contribution in [1.29, 1.82) is 5.26 Å². The first-order chi connectivity index (χ1) is 11.8. The predicted octanol–water partition coefficient (Wildman–Crippen LogP) is 2.53. The second kappa shape index (κ2) is 4.91. The zero-order valence-corrected chi connectivity index (χ0v) is 13.4. The van der Waals surface area contributed by atoms with Crippen LogP contribution in [0.5, 0.6) is 0 Å². The Bertz CT molecular complexity index is 847. The fourth-order valence-electron chi connectivity index (χ4n) is 4.11. The van der Waals surface area contributed by atoms with Gasteiger partial charge in [0.1, 0.15) is 23.8 Å². The van der Waals surface area contributed by atoms with Gasteiger partial charge in [0.25, 0.3) is 0 Å². The van der Waals surface area contributed by atoms with Gasteiger partial charge in [0.05, 0.1) is 11.6 Å². The maximum Gasteiger partial charge on any atom is 0.143 e. The van der Waals surface area contributed by atoms with E-state index in [2.05, 4.69) is 30.8 Å². The van der Waals surface area contributed by atoms with Crippen LogP contribution in [0.3, 0.4) is 0 Å². The molecule has 1 spiro atoms. The van der Waals surface area contributed by atoms with E-state index >= 15 is 0 Å². The zero-order chi connectivity index (χ0) is 16.1. The number of aromatic nitrogens is 3. The molecule has 0 radical (unpaired) electrons. The van der Waals surface area contributed by atoms with E-state index in [1.165, 1.54) is 31.2 Å². The van der Waals surface area contributed by atoms with Crippen molar-refractivity contribution in [3.8, 4) is 6.07 Å². The van der Waals surface area contributed by atoms with Crippen molar-refractivity contribution >= 4 is 17.5 Å². The Hall–Kier alpha value is -2.68. The van der Waals surface area contributed by atoms with Gasteiger partial charge in [0, 0.05) is 36.8 Å². The van der Waals surface area contributed by atoms with E-state index < -0.39 is 0 Å². The van der Waals surface area contributed by atoms with Crippen molar-refractivity contribution in [3.63, 3.8) is 0 Å². The Kier molecular flexibility index (Phi) is 2.81. The van der Waals surface area contributed by atoms with Crippen molar-refractivity contribution in [3.05, 3.63) is 35.8 Å². The topological polar surface area (TPSA) is 68.9 Å². The van der Waals surface area contributed by atoms with Crippen molar-refractivity contribution in [2.75, 3.05) is 29.4 Å². The highest BCUT2D eigenvalue weighted by Gasteiger charge is 2.51. The van der Waals surface area contributed by atoms with Crippen LogP contribution in [0.2, 0.25) is 0 Å². The molecular weight excluding hydrogens is 300 g/mol. The van der Waals surface area contributed by atoms with E-state index in [1.54, 1.807) is 18.6 Å². The fraction of sp³-hybridized carbons (Fsp3) is 0.444. The molecular formula is C18H18N6. The summed E-state index contributed by atoms with van der Waals surface area (Å²) in [4.78, 5) is 18.3. The number of fused-ring (bicyclic) bond motifs is 2. The van der Waals surface area contributed by atoms with E-state index in [0.29, 0.717) is 5.56 Å². The van der Waals surface area contributed by atoms with Gasteiger partial charge in [-0.15, -0.1) is 0 Å². The molecule has 3 aliphatic rings. The Morgan fingerprint density at radius 3 is 2.58 bits per heavy atom. The highest BCUT2D eigenvalue weighted by molar-refractivity contribution is 5.74. The molecule has 0 unspecified atom stereocenters. The van der Waals surface area contributed by atoms with E-state index in [1.807, 2.05) is 6.07 Å². The van der Waals surface area contributed by atoms with Gasteiger partial charge in [-0.3, -0.25) is 0 Å². The first-order valence-electron chi connectivity index (χ1n) is 8.55. The quantitative estimate of drug-likeness (QED) is 0.847. The smallest absolute Gasteiger partial charge is 0.143 e. The lowest BCUT2D eigenvalue weighted by Gasteiger charge is -2.42. The van der Waals surface area contributed by atoms with Gasteiger partial charge in [-0.25, -0.2) is 15.0 Å². The summed E-state index contributed by atoms with van der Waals surface area (Å²) < 4.78 is 0. The van der Waals surface area contributed by atoms with Crippen LogP contribution < -0.4 is 9.80 Å². The van der Waals surface area contributed by atoms with Crippen LogP contribution in [-0.4, -0.2) is 34.6 Å². The van der Waals surface area contributed by atoms with Gasteiger partial charge in [-0.1, -0.05) is 6.42 Å². The van der Waals surface area contributed by atoms with Gasteiger partial charge in [-0.05, 0) is 31.4 Å². The molecule has 120 valence electrons. The van der Waals surface area contributed by atoms with Crippen LogP contribution in [0.1, 0.15) is 36.8 Å². The predicted molar refractivity (Wildman–Crippen MR) is 90.3 cm³/mol. The summed E-state index contributed by atoms with van der Waals surface area (Å²) in [5.41, 5.74) is 2.10. The third-order valence-corrected chi connectivity index (χ3v) is 5.67. The van der Waals surface area contributed by atoms with Crippen molar-refractivity contribution in [2.24, 2.45) is 0 Å². The van der Waals surface area contributed by atoms with Crippen molar-refractivity contribution < 1.29 is 0 Å². The molecule has 1 saturated heterocycles. The second-order valence-electron chi connectivity index (χ2n) is 6.97. The summed E-state index contributed by atoms with van der Waals surface area (Å²) in [5.74, 6) is 2.91. The van der Waals surface area contributed by atoms with Crippen molar-refractivity contribution in [2.45, 2.75) is 31.1 Å². The summed E-state index contributed by atoms with van der Waals surface area (Å²) in [5, 5.41) is 9.19. The van der Waals surface area contributed by atoms with Crippen molar-refractivity contribution in [1.82, 2.24) is 15.0 Å². The first kappa shape index (κ1) is 13.7. The summed E-state index contributed by atoms with van der Waals surface area (Å²) in [6.07, 6.45) is 8.24. The molecule has 6 nitrogen and oxygen atoms in total. The molecule has 4 heterocycles. The molecule has 0 aromatic carbocycles. The lowest BCUT2D eigenvalue weighted by Crippen LogP contribution is -2.42. The molecule has 2 aromatic heterocycles. The summed E-state index contributed by atoms with van der Waals surface area (Å²) >= 11 is 0. The maximum atomic E-state index is 9.19. The maximum absolute atomic E-state index is 9.19. The van der Waals surface area contributed by atoms with E-state index in [9.17, 15) is 5.26 Å². The lowest BCUT2D eigenvalue weighted by molar-refractivity contribution is 0.266. The number of hydrogen-bond acceptors (Lipinski definition) is 6. The molecule has 2 aliphatic heterocycles. The highest BCUT2D eigenvalue weighted by Crippen LogP contribution is 2.56. The average molecular weight is 318 g/mol. The van der Waals surface area contributed by atoms with Crippen LogP contribution >= 0.6 is 0 Å². The van der Waals surface area contributed by atoms with Crippen LogP contribution in [0.4, 0.5) is 17.5 Å². The van der Waals surface area contributed by atoms with Crippen LogP contribution in [-0.2, 0) is 5.41 Å². The Morgan fingerprint density at radius 1 is 1.08 bits per heavy atom. The summed E-state index contributed by atoms with van der Waals surface area (Å²) in [6, 6.07) is 5.80. The minimum Gasteiger partial charge on any atom is -0.356 e. The van der Waals surface area contributed by atoms with Gasteiger partial charge >= 0.3 is 0 Å². The molecule has 0 atom stereocenters. The fourth-order valence-corrected chi connectivity index (χ4v) is 4.11. The number of nitrogens with zero attached hydrogens (tertiary/aromatic N) is 6. The molecule has 1 saturated carbocycles. The molecule has 2 aromatic rings. The van der Waals surface area contributed by atoms with Crippen LogP contribution in [0.25, 0.3) is 0 Å². The molecule has 1 aliphatic carbocycles. The lowest BCUT2D eigenvalue weighted by atomic mass is 9.66. The average Bonchev–Trinajstić information content (AvgIpc) is 2.90. The molecule has 0 N–H and O–H groups in total. The van der Waals surface area contributed by atoms with Crippen LogP contribution in [0, 0.1) is 11.3 Å². The summed E-state index contributed by atoms with van der Waals surface area (Å²) in [6.45, 7) is 3.06. The molecule has 0 bridgehead atoms. The van der Waals surface area contributed by atoms with E-state index in [-0.39, 0.29) is 5.41 Å². The number of hydrogen-bond donors (Lipinski definition) is 0. The number of nitriles is 1. The molecule has 24 heavy (non-hydrogen) atoms. The monoisotopic (exact) mass is 318 g/mol. The Labute approximate surface area is 140 Å². The largest absolute Gasteiger partial charge is 0.356 e. The number of anilines is 3. The minimum absolute atomic E-state index is 0.159. The Balaban J connectivity index is 1.65. The van der Waals surface area contributed by atoms with Gasteiger partial charge < -0.3 is 9.80 Å².